The monoisotopic (exact) mass is 188 g/mol. The lowest BCUT2D eigenvalue weighted by Gasteiger charge is -2.45. The molecule has 0 saturated heterocycles. The zero-order valence-electron chi connectivity index (χ0n) is 9.56. The highest BCUT2D eigenvalue weighted by molar-refractivity contribution is 5.53. The third kappa shape index (κ3) is 0.392. The average molecular weight is 188 g/mol. The van der Waals surface area contributed by atoms with Gasteiger partial charge in [0.1, 0.15) is 0 Å². The fraction of sp³-hybridized carbons (Fsp3) is 0.857. The molecule has 14 heavy (non-hydrogen) atoms. The summed E-state index contributed by atoms with van der Waals surface area (Å²) in [5.41, 5.74) is 3.95. The van der Waals surface area contributed by atoms with E-state index in [2.05, 4.69) is 26.8 Å². The lowest BCUT2D eigenvalue weighted by atomic mass is 9.59. The van der Waals surface area contributed by atoms with Crippen molar-refractivity contribution in [3.05, 3.63) is 11.6 Å². The van der Waals surface area contributed by atoms with Crippen LogP contribution in [0.25, 0.3) is 0 Å². The third-order valence-electron chi connectivity index (χ3n) is 7.07. The molecule has 0 amide bonds. The molecule has 2 spiro atoms. The summed E-state index contributed by atoms with van der Waals surface area (Å²) in [6.45, 7) is 7.53. The lowest BCUT2D eigenvalue weighted by Crippen LogP contribution is -2.37. The molecule has 0 heterocycles. The van der Waals surface area contributed by atoms with Crippen LogP contribution in [0.1, 0.15) is 46.5 Å². The average Bonchev–Trinajstić information content (AvgIpc) is 2.39. The van der Waals surface area contributed by atoms with Crippen molar-refractivity contribution in [2.75, 3.05) is 0 Å². The van der Waals surface area contributed by atoms with Gasteiger partial charge in [0.15, 0.2) is 0 Å². The molecule has 5 atom stereocenters. The van der Waals surface area contributed by atoms with Crippen molar-refractivity contribution < 1.29 is 0 Å². The van der Waals surface area contributed by atoms with Gasteiger partial charge >= 0.3 is 0 Å². The molecule has 0 heteroatoms. The van der Waals surface area contributed by atoms with Crippen LogP contribution in [0, 0.1) is 28.1 Å². The van der Waals surface area contributed by atoms with Crippen LogP contribution in [-0.2, 0) is 0 Å². The number of rotatable bonds is 0. The van der Waals surface area contributed by atoms with E-state index in [1.54, 1.807) is 5.57 Å². The highest BCUT2D eigenvalue weighted by Crippen LogP contribution is 3.00. The maximum atomic E-state index is 2.60. The molecule has 4 aliphatic carbocycles. The molecule has 0 radical (unpaired) electrons. The van der Waals surface area contributed by atoms with E-state index >= 15 is 0 Å². The summed E-state index contributed by atoms with van der Waals surface area (Å²) in [6, 6.07) is 0. The van der Waals surface area contributed by atoms with Gasteiger partial charge in [-0.3, -0.25) is 0 Å². The molecule has 0 aromatic heterocycles. The standard InChI is InChI=1S/C14H20/c1-9-4-5-11-8-14-10(2)6-7-13(9,14)12(11,14)3/h6,9,11H,4-5,7-8H2,1-3H3/t9-,11?,12?,13?,14?/m1/s1. The maximum Gasteiger partial charge on any atom is 0.00417 e. The second-order valence-electron chi connectivity index (χ2n) is 6.55. The van der Waals surface area contributed by atoms with Gasteiger partial charge in [0.05, 0.1) is 0 Å². The van der Waals surface area contributed by atoms with Crippen LogP contribution in [0.5, 0.6) is 0 Å². The predicted molar refractivity (Wildman–Crippen MR) is 57.9 cm³/mol. The molecule has 0 nitrogen and oxygen atoms in total. The van der Waals surface area contributed by atoms with Crippen LogP contribution in [0.15, 0.2) is 11.6 Å². The zero-order valence-corrected chi connectivity index (χ0v) is 9.56. The third-order valence-corrected chi connectivity index (χ3v) is 7.07. The first-order chi connectivity index (χ1) is 6.61. The first kappa shape index (κ1) is 7.96. The van der Waals surface area contributed by atoms with Gasteiger partial charge in [0.2, 0.25) is 0 Å². The molecule has 0 bridgehead atoms. The lowest BCUT2D eigenvalue weighted by molar-refractivity contribution is 0.0701. The van der Waals surface area contributed by atoms with E-state index in [4.69, 9.17) is 0 Å². The molecule has 4 aliphatic rings. The number of hydrogen-bond donors (Lipinski definition) is 0. The Morgan fingerprint density at radius 3 is 2.86 bits per heavy atom. The smallest absolute Gasteiger partial charge is 0.00417 e. The van der Waals surface area contributed by atoms with Crippen molar-refractivity contribution >= 4 is 0 Å². The SMILES string of the molecule is CC1=CCC23[C@H](C)CCC4CC12C43C. The van der Waals surface area contributed by atoms with Crippen LogP contribution >= 0.6 is 0 Å². The molecular weight excluding hydrogens is 168 g/mol. The van der Waals surface area contributed by atoms with Gasteiger partial charge in [0, 0.05) is 5.41 Å². The number of allylic oxidation sites excluding steroid dienone is 2. The predicted octanol–water partition coefficient (Wildman–Crippen LogP) is 3.78. The Morgan fingerprint density at radius 2 is 2.14 bits per heavy atom. The first-order valence-corrected chi connectivity index (χ1v) is 6.28. The molecule has 4 unspecified atom stereocenters. The van der Waals surface area contributed by atoms with Gasteiger partial charge < -0.3 is 0 Å². The van der Waals surface area contributed by atoms with E-state index in [0.717, 1.165) is 22.7 Å². The van der Waals surface area contributed by atoms with Crippen molar-refractivity contribution in [1.82, 2.24) is 0 Å². The van der Waals surface area contributed by atoms with Crippen molar-refractivity contribution in [3.8, 4) is 0 Å². The van der Waals surface area contributed by atoms with E-state index in [1.165, 1.54) is 25.7 Å². The van der Waals surface area contributed by atoms with Gasteiger partial charge in [-0.1, -0.05) is 25.5 Å². The molecule has 0 aliphatic heterocycles. The van der Waals surface area contributed by atoms with Crippen molar-refractivity contribution in [2.24, 2.45) is 28.1 Å². The minimum Gasteiger partial charge on any atom is -0.0844 e. The van der Waals surface area contributed by atoms with Gasteiger partial charge in [-0.15, -0.1) is 0 Å². The Bertz CT molecular complexity index is 366. The zero-order chi connectivity index (χ0) is 9.77. The molecule has 3 fully saturated rings. The van der Waals surface area contributed by atoms with Crippen molar-refractivity contribution in [3.63, 3.8) is 0 Å². The van der Waals surface area contributed by atoms with Gasteiger partial charge in [-0.25, -0.2) is 0 Å². The summed E-state index contributed by atoms with van der Waals surface area (Å²) in [5.74, 6) is 2.07. The van der Waals surface area contributed by atoms with Crippen molar-refractivity contribution in [1.29, 1.82) is 0 Å². The Hall–Kier alpha value is -0.260. The van der Waals surface area contributed by atoms with Gasteiger partial charge in [-0.05, 0) is 55.3 Å². The van der Waals surface area contributed by atoms with E-state index in [9.17, 15) is 0 Å². The van der Waals surface area contributed by atoms with Crippen LogP contribution in [0.4, 0.5) is 0 Å². The largest absolute Gasteiger partial charge is 0.0844 e. The van der Waals surface area contributed by atoms with Crippen LogP contribution in [-0.4, -0.2) is 0 Å². The molecule has 3 saturated carbocycles. The second-order valence-corrected chi connectivity index (χ2v) is 6.55. The molecule has 76 valence electrons. The highest BCUT2D eigenvalue weighted by atomic mass is 15.0. The van der Waals surface area contributed by atoms with E-state index in [-0.39, 0.29) is 0 Å². The van der Waals surface area contributed by atoms with E-state index in [0.29, 0.717) is 5.41 Å². The van der Waals surface area contributed by atoms with Crippen LogP contribution in [0.2, 0.25) is 0 Å². The van der Waals surface area contributed by atoms with Gasteiger partial charge in [-0.2, -0.15) is 0 Å². The summed E-state index contributed by atoms with van der Waals surface area (Å²) >= 11 is 0. The highest BCUT2D eigenvalue weighted by Gasteiger charge is 2.94. The molecule has 0 aromatic carbocycles. The minimum absolute atomic E-state index is 0.709. The summed E-state index contributed by atoms with van der Waals surface area (Å²) in [4.78, 5) is 0. The quantitative estimate of drug-likeness (QED) is 0.507. The van der Waals surface area contributed by atoms with E-state index < -0.39 is 0 Å². The summed E-state index contributed by atoms with van der Waals surface area (Å²) < 4.78 is 0. The summed E-state index contributed by atoms with van der Waals surface area (Å²) in [6.07, 6.45) is 8.53. The number of hydrogen-bond acceptors (Lipinski definition) is 0. The van der Waals surface area contributed by atoms with Crippen LogP contribution < -0.4 is 0 Å². The molecule has 0 N–H and O–H groups in total. The normalized spacial score (nSPS) is 67.8. The molecule has 4 rings (SSSR count). The summed E-state index contributed by atoms with van der Waals surface area (Å²) in [5, 5.41) is 0. The second kappa shape index (κ2) is 1.74. The minimum atomic E-state index is 0.709. The van der Waals surface area contributed by atoms with Crippen molar-refractivity contribution in [2.45, 2.75) is 46.5 Å². The van der Waals surface area contributed by atoms with Gasteiger partial charge in [0.25, 0.3) is 0 Å². The van der Waals surface area contributed by atoms with E-state index in [1.807, 2.05) is 0 Å². The Balaban J connectivity index is 1.94. The maximum absolute atomic E-state index is 2.60. The fourth-order valence-corrected chi connectivity index (χ4v) is 6.51. The Labute approximate surface area is 86.8 Å². The van der Waals surface area contributed by atoms with Crippen LogP contribution in [0.3, 0.4) is 0 Å². The molecular formula is C14H20. The Kier molecular flexibility index (Phi) is 0.991. The fourth-order valence-electron chi connectivity index (χ4n) is 6.51. The molecule has 0 aromatic rings. The Morgan fingerprint density at radius 1 is 1.36 bits per heavy atom. The topological polar surface area (TPSA) is 0 Å². The summed E-state index contributed by atoms with van der Waals surface area (Å²) in [7, 11) is 0. The first-order valence-electron chi connectivity index (χ1n) is 6.28.